The van der Waals surface area contributed by atoms with Crippen LogP contribution in [0.2, 0.25) is 0 Å². The van der Waals surface area contributed by atoms with Gasteiger partial charge in [0.15, 0.2) is 16.4 Å². The van der Waals surface area contributed by atoms with Crippen molar-refractivity contribution < 1.29 is 29.1 Å². The quantitative estimate of drug-likeness (QED) is 0.423. The molecule has 0 aromatic heterocycles. The molecule has 0 unspecified atom stereocenters. The van der Waals surface area contributed by atoms with Gasteiger partial charge in [-0.2, -0.15) is 0 Å². The van der Waals surface area contributed by atoms with Crippen molar-refractivity contribution in [1.29, 1.82) is 0 Å². The summed E-state index contributed by atoms with van der Waals surface area (Å²) in [6, 6.07) is 6.41. The third-order valence-electron chi connectivity index (χ3n) is 4.88. The minimum absolute atomic E-state index is 0.00516. The SMILES string of the molecule is CC(=O)S[C@H](CCCC(=O)[C@](N)(CC(C)C)C(=O)O)N1C(=O)c2ccccc2C1=O. The van der Waals surface area contributed by atoms with Crippen LogP contribution in [0.4, 0.5) is 0 Å². The number of imide groups is 1. The molecule has 0 saturated heterocycles. The number of thioether (sulfide) groups is 1. The Labute approximate surface area is 179 Å². The molecule has 2 amide bonds. The number of carboxylic acids is 1. The minimum Gasteiger partial charge on any atom is -0.480 e. The number of rotatable bonds is 10. The molecular formula is C21H26N2O6S. The lowest BCUT2D eigenvalue weighted by molar-refractivity contribution is -0.149. The number of hydrogen-bond donors (Lipinski definition) is 2. The zero-order valence-electron chi connectivity index (χ0n) is 17.2. The summed E-state index contributed by atoms with van der Waals surface area (Å²) in [5.74, 6) is -3.05. The molecule has 30 heavy (non-hydrogen) atoms. The Morgan fingerprint density at radius 3 is 2.10 bits per heavy atom. The molecule has 2 atom stereocenters. The summed E-state index contributed by atoms with van der Waals surface area (Å²) in [5.41, 5.74) is 4.45. The topological polar surface area (TPSA) is 135 Å². The van der Waals surface area contributed by atoms with Crippen LogP contribution in [0.25, 0.3) is 0 Å². The Hall–Kier alpha value is -2.52. The highest BCUT2D eigenvalue weighted by Gasteiger charge is 2.43. The first kappa shape index (κ1) is 23.8. The van der Waals surface area contributed by atoms with Gasteiger partial charge in [-0.05, 0) is 37.3 Å². The summed E-state index contributed by atoms with van der Waals surface area (Å²) in [4.78, 5) is 62.3. The van der Waals surface area contributed by atoms with Crippen molar-refractivity contribution >= 4 is 40.4 Å². The zero-order chi connectivity index (χ0) is 22.6. The van der Waals surface area contributed by atoms with Gasteiger partial charge in [0.25, 0.3) is 11.8 Å². The molecule has 0 radical (unpaired) electrons. The first-order chi connectivity index (χ1) is 14.0. The summed E-state index contributed by atoms with van der Waals surface area (Å²) in [7, 11) is 0. The maximum absolute atomic E-state index is 12.7. The second-order valence-corrected chi connectivity index (χ2v) is 9.13. The monoisotopic (exact) mass is 434 g/mol. The molecule has 8 nitrogen and oxygen atoms in total. The number of Topliss-reactive ketones (excluding diaryl/α,β-unsaturated/α-hetero) is 1. The predicted molar refractivity (Wildman–Crippen MR) is 112 cm³/mol. The van der Waals surface area contributed by atoms with Gasteiger partial charge >= 0.3 is 5.97 Å². The third kappa shape index (κ3) is 4.96. The third-order valence-corrected chi connectivity index (χ3v) is 5.93. The maximum Gasteiger partial charge on any atom is 0.331 e. The first-order valence-corrected chi connectivity index (χ1v) is 10.6. The van der Waals surface area contributed by atoms with E-state index < -0.39 is 34.5 Å². The number of ketones is 1. The molecule has 0 saturated carbocycles. The van der Waals surface area contributed by atoms with Crippen molar-refractivity contribution in [3.05, 3.63) is 35.4 Å². The van der Waals surface area contributed by atoms with Crippen LogP contribution in [-0.4, -0.2) is 49.6 Å². The molecule has 1 aliphatic rings. The number of aliphatic carboxylic acids is 1. The summed E-state index contributed by atoms with van der Waals surface area (Å²) >= 11 is 0.838. The van der Waals surface area contributed by atoms with Gasteiger partial charge in [-0.15, -0.1) is 0 Å². The normalized spacial score (nSPS) is 16.4. The lowest BCUT2D eigenvalue weighted by Crippen LogP contribution is -2.55. The fourth-order valence-electron chi connectivity index (χ4n) is 3.53. The van der Waals surface area contributed by atoms with E-state index in [0.29, 0.717) is 0 Å². The Morgan fingerprint density at radius 2 is 1.67 bits per heavy atom. The van der Waals surface area contributed by atoms with Crippen LogP contribution in [0.3, 0.4) is 0 Å². The zero-order valence-corrected chi connectivity index (χ0v) is 18.0. The first-order valence-electron chi connectivity index (χ1n) is 9.68. The number of carbonyl (C=O) groups is 5. The van der Waals surface area contributed by atoms with E-state index in [1.165, 1.54) is 6.92 Å². The second-order valence-electron chi connectivity index (χ2n) is 7.78. The number of nitrogens with zero attached hydrogens (tertiary/aromatic N) is 1. The van der Waals surface area contributed by atoms with Crippen LogP contribution >= 0.6 is 11.8 Å². The largest absolute Gasteiger partial charge is 0.480 e. The number of hydrogen-bond acceptors (Lipinski definition) is 7. The Kier molecular flexibility index (Phi) is 7.54. The standard InChI is InChI=1S/C21H26N2O6S/c1-12(2)11-21(22,20(28)29)16(25)9-6-10-17(30-13(3)24)23-18(26)14-7-4-5-8-15(14)19(23)27/h4-5,7-8,12,17H,6,9-11,22H2,1-3H3,(H,28,29)/t17-,21-/m1/s1. The van der Waals surface area contributed by atoms with E-state index in [-0.39, 0.29) is 47.8 Å². The molecule has 0 aliphatic carbocycles. The van der Waals surface area contributed by atoms with Crippen LogP contribution < -0.4 is 5.73 Å². The van der Waals surface area contributed by atoms with Gasteiger partial charge in [-0.3, -0.25) is 24.1 Å². The molecule has 9 heteroatoms. The van der Waals surface area contributed by atoms with Crippen molar-refractivity contribution in [3.63, 3.8) is 0 Å². The summed E-state index contributed by atoms with van der Waals surface area (Å²) in [6.07, 6.45) is 0.221. The van der Waals surface area contributed by atoms with Crippen LogP contribution in [0.5, 0.6) is 0 Å². The van der Waals surface area contributed by atoms with Gasteiger partial charge in [-0.25, -0.2) is 4.79 Å². The van der Waals surface area contributed by atoms with E-state index in [4.69, 9.17) is 5.73 Å². The minimum atomic E-state index is -1.98. The molecule has 1 aliphatic heterocycles. The maximum atomic E-state index is 12.7. The van der Waals surface area contributed by atoms with Gasteiger partial charge in [0.05, 0.1) is 16.5 Å². The second kappa shape index (κ2) is 9.53. The molecule has 2 rings (SSSR count). The Bertz CT molecular complexity index is 849. The molecule has 1 aromatic carbocycles. The molecule has 3 N–H and O–H groups in total. The van der Waals surface area contributed by atoms with Gasteiger partial charge in [-0.1, -0.05) is 37.7 Å². The summed E-state index contributed by atoms with van der Waals surface area (Å²) in [6.45, 7) is 4.89. The number of fused-ring (bicyclic) bond motifs is 1. The summed E-state index contributed by atoms with van der Waals surface area (Å²) in [5, 5.41) is 8.37. The molecule has 0 bridgehead atoms. The van der Waals surface area contributed by atoms with Crippen molar-refractivity contribution in [2.75, 3.05) is 0 Å². The van der Waals surface area contributed by atoms with E-state index in [1.54, 1.807) is 38.1 Å². The van der Waals surface area contributed by atoms with Gasteiger partial charge in [0, 0.05) is 13.3 Å². The highest BCUT2D eigenvalue weighted by Crippen LogP contribution is 2.32. The van der Waals surface area contributed by atoms with E-state index in [1.807, 2.05) is 0 Å². The van der Waals surface area contributed by atoms with Crippen molar-refractivity contribution in [2.24, 2.45) is 11.7 Å². The van der Waals surface area contributed by atoms with E-state index in [0.717, 1.165) is 16.7 Å². The van der Waals surface area contributed by atoms with Crippen LogP contribution in [0.15, 0.2) is 24.3 Å². The number of carboxylic acid groups (broad SMARTS) is 1. The fourth-order valence-corrected chi connectivity index (χ4v) is 4.49. The summed E-state index contributed by atoms with van der Waals surface area (Å²) < 4.78 is 0. The average Bonchev–Trinajstić information content (AvgIpc) is 2.90. The molecule has 1 aromatic rings. The highest BCUT2D eigenvalue weighted by atomic mass is 32.2. The molecule has 0 spiro atoms. The number of benzene rings is 1. The van der Waals surface area contributed by atoms with Crippen LogP contribution in [0, 0.1) is 5.92 Å². The number of amides is 2. The highest BCUT2D eigenvalue weighted by molar-refractivity contribution is 8.14. The van der Waals surface area contributed by atoms with Crippen molar-refractivity contribution in [2.45, 2.75) is 57.4 Å². The Balaban J connectivity index is 2.12. The lowest BCUT2D eigenvalue weighted by Gasteiger charge is -2.27. The molecule has 162 valence electrons. The van der Waals surface area contributed by atoms with Gasteiger partial charge in [0.1, 0.15) is 0 Å². The van der Waals surface area contributed by atoms with E-state index in [9.17, 15) is 29.1 Å². The predicted octanol–water partition coefficient (Wildman–Crippen LogP) is 2.46. The smallest absolute Gasteiger partial charge is 0.331 e. The van der Waals surface area contributed by atoms with Gasteiger partial charge in [0.2, 0.25) is 0 Å². The Morgan fingerprint density at radius 1 is 1.13 bits per heavy atom. The molecular weight excluding hydrogens is 408 g/mol. The van der Waals surface area contributed by atoms with E-state index in [2.05, 4.69) is 0 Å². The van der Waals surface area contributed by atoms with Crippen molar-refractivity contribution in [1.82, 2.24) is 4.90 Å². The molecule has 1 heterocycles. The van der Waals surface area contributed by atoms with Crippen molar-refractivity contribution in [3.8, 4) is 0 Å². The average molecular weight is 435 g/mol. The number of carbonyl (C=O) groups excluding carboxylic acids is 4. The van der Waals surface area contributed by atoms with E-state index >= 15 is 0 Å². The number of nitrogens with two attached hydrogens (primary N) is 1. The fraction of sp³-hybridized carbons (Fsp3) is 0.476. The van der Waals surface area contributed by atoms with Crippen LogP contribution in [-0.2, 0) is 14.4 Å². The van der Waals surface area contributed by atoms with Gasteiger partial charge < -0.3 is 10.8 Å². The molecule has 0 fully saturated rings. The lowest BCUT2D eigenvalue weighted by atomic mass is 9.84. The van der Waals surface area contributed by atoms with Crippen LogP contribution in [0.1, 0.15) is 67.2 Å².